The van der Waals surface area contributed by atoms with E-state index in [-0.39, 0.29) is 0 Å². The molecule has 0 aliphatic heterocycles. The van der Waals surface area contributed by atoms with E-state index >= 15 is 0 Å². The highest BCUT2D eigenvalue weighted by Gasteiger charge is 1.99. The molecule has 3 heteroatoms. The predicted molar refractivity (Wildman–Crippen MR) is 56.4 cm³/mol. The van der Waals surface area contributed by atoms with Crippen molar-refractivity contribution in [3.05, 3.63) is 34.2 Å². The number of aromatic amines is 1. The largest absolute Gasteiger partial charge is 0.343 e. The van der Waals surface area contributed by atoms with Crippen molar-refractivity contribution < 1.29 is 0 Å². The molecule has 0 aliphatic carbocycles. The number of nitrogens with zero attached hydrogens (tertiary/aromatic N) is 1. The smallest absolute Gasteiger partial charge is 0.137 e. The van der Waals surface area contributed by atoms with Crippen molar-refractivity contribution in [3.63, 3.8) is 0 Å². The number of fused-ring (bicyclic) bond motifs is 1. The summed E-state index contributed by atoms with van der Waals surface area (Å²) in [4.78, 5) is 7.42. The average molecular weight is 190 g/mol. The van der Waals surface area contributed by atoms with Crippen LogP contribution in [0.2, 0.25) is 0 Å². The highest BCUT2D eigenvalue weighted by Crippen LogP contribution is 2.15. The molecular weight excluding hydrogens is 180 g/mol. The molecule has 1 aromatic heterocycles. The lowest BCUT2D eigenvalue weighted by atomic mass is 10.1. The molecule has 13 heavy (non-hydrogen) atoms. The number of hydrogen-bond donors (Lipinski definition) is 1. The summed E-state index contributed by atoms with van der Waals surface area (Å²) in [5.41, 5.74) is 2.30. The number of aromatic nitrogens is 2. The Labute approximate surface area is 81.6 Å². The fraction of sp³-hybridized carbons (Fsp3) is 0.200. The molecular formula is C10H10N2S. The molecule has 66 valence electrons. The number of hydrogen-bond acceptors (Lipinski definition) is 2. The van der Waals surface area contributed by atoms with Crippen LogP contribution in [0.5, 0.6) is 0 Å². The van der Waals surface area contributed by atoms with E-state index in [1.165, 1.54) is 5.56 Å². The van der Waals surface area contributed by atoms with Crippen LogP contribution in [0.25, 0.3) is 10.9 Å². The third kappa shape index (κ3) is 1.35. The number of H-pyrrole nitrogens is 1. The van der Waals surface area contributed by atoms with Gasteiger partial charge in [-0.2, -0.15) is 0 Å². The van der Waals surface area contributed by atoms with Crippen LogP contribution in [0, 0.1) is 18.5 Å². The minimum Gasteiger partial charge on any atom is -0.343 e. The maximum atomic E-state index is 5.17. The summed E-state index contributed by atoms with van der Waals surface area (Å²) < 4.78 is 0.676. The molecule has 1 aromatic carbocycles. The molecule has 0 radical (unpaired) electrons. The first-order valence-electron chi connectivity index (χ1n) is 4.15. The van der Waals surface area contributed by atoms with Crippen LogP contribution in [-0.2, 0) is 0 Å². The lowest BCUT2D eigenvalue weighted by Crippen LogP contribution is -1.91. The molecule has 0 spiro atoms. The fourth-order valence-electron chi connectivity index (χ4n) is 1.43. The second-order valence-corrected chi connectivity index (χ2v) is 3.51. The lowest BCUT2D eigenvalue weighted by molar-refractivity contribution is 1.08. The monoisotopic (exact) mass is 190 g/mol. The van der Waals surface area contributed by atoms with Crippen molar-refractivity contribution in [2.75, 3.05) is 0 Å². The fourth-order valence-corrected chi connectivity index (χ4v) is 1.74. The molecule has 0 fully saturated rings. The number of rotatable bonds is 0. The van der Waals surface area contributed by atoms with Crippen LogP contribution in [-0.4, -0.2) is 9.97 Å². The molecule has 0 bridgehead atoms. The van der Waals surface area contributed by atoms with E-state index in [9.17, 15) is 0 Å². The molecule has 0 unspecified atom stereocenters. The number of benzene rings is 1. The second kappa shape index (κ2) is 2.92. The molecule has 2 rings (SSSR count). The van der Waals surface area contributed by atoms with Gasteiger partial charge in [0, 0.05) is 5.39 Å². The van der Waals surface area contributed by atoms with Crippen molar-refractivity contribution >= 4 is 23.1 Å². The van der Waals surface area contributed by atoms with Gasteiger partial charge >= 0.3 is 0 Å². The maximum absolute atomic E-state index is 5.17. The minimum atomic E-state index is 0.676. The highest BCUT2D eigenvalue weighted by atomic mass is 32.1. The van der Waals surface area contributed by atoms with Gasteiger partial charge in [0.15, 0.2) is 0 Å². The van der Waals surface area contributed by atoms with Crippen molar-refractivity contribution in [2.24, 2.45) is 0 Å². The zero-order valence-corrected chi connectivity index (χ0v) is 8.40. The zero-order valence-electron chi connectivity index (χ0n) is 7.59. The Morgan fingerprint density at radius 1 is 1.31 bits per heavy atom. The summed E-state index contributed by atoms with van der Waals surface area (Å²) in [6, 6.07) is 6.05. The molecule has 0 saturated heterocycles. The Kier molecular flexibility index (Phi) is 1.88. The van der Waals surface area contributed by atoms with Gasteiger partial charge in [-0.3, -0.25) is 0 Å². The van der Waals surface area contributed by atoms with Crippen LogP contribution in [0.3, 0.4) is 0 Å². The first kappa shape index (κ1) is 8.38. The van der Waals surface area contributed by atoms with E-state index in [0.717, 1.165) is 16.7 Å². The number of aryl methyl sites for hydroxylation is 2. The van der Waals surface area contributed by atoms with Gasteiger partial charge in [0.05, 0.1) is 5.52 Å². The van der Waals surface area contributed by atoms with Gasteiger partial charge in [0.1, 0.15) is 10.5 Å². The predicted octanol–water partition coefficient (Wildman–Crippen LogP) is 2.91. The summed E-state index contributed by atoms with van der Waals surface area (Å²) >= 11 is 5.17. The van der Waals surface area contributed by atoms with Gasteiger partial charge in [-0.15, -0.1) is 0 Å². The van der Waals surface area contributed by atoms with E-state index in [1.807, 2.05) is 19.1 Å². The number of nitrogens with one attached hydrogen (secondary N) is 1. The van der Waals surface area contributed by atoms with Crippen molar-refractivity contribution in [2.45, 2.75) is 13.8 Å². The first-order valence-corrected chi connectivity index (χ1v) is 4.55. The van der Waals surface area contributed by atoms with Crippen LogP contribution in [0.15, 0.2) is 18.2 Å². The van der Waals surface area contributed by atoms with Crippen LogP contribution < -0.4 is 0 Å². The number of para-hydroxylation sites is 1. The van der Waals surface area contributed by atoms with Crippen molar-refractivity contribution in [3.8, 4) is 0 Å². The second-order valence-electron chi connectivity index (χ2n) is 3.12. The molecule has 0 atom stereocenters. The molecule has 0 aliphatic rings. The van der Waals surface area contributed by atoms with Crippen molar-refractivity contribution in [1.82, 2.24) is 9.97 Å². The summed E-state index contributed by atoms with van der Waals surface area (Å²) in [6.07, 6.45) is 0. The van der Waals surface area contributed by atoms with Crippen LogP contribution in [0.1, 0.15) is 11.4 Å². The van der Waals surface area contributed by atoms with Crippen LogP contribution in [0.4, 0.5) is 0 Å². The minimum absolute atomic E-state index is 0.676. The Morgan fingerprint density at radius 3 is 2.85 bits per heavy atom. The molecule has 0 saturated carbocycles. The van der Waals surface area contributed by atoms with Crippen LogP contribution >= 0.6 is 12.2 Å². The van der Waals surface area contributed by atoms with Gasteiger partial charge in [0.25, 0.3) is 0 Å². The quantitative estimate of drug-likeness (QED) is 0.647. The average Bonchev–Trinajstić information content (AvgIpc) is 2.07. The summed E-state index contributed by atoms with van der Waals surface area (Å²) in [5.74, 6) is 0.867. The summed E-state index contributed by atoms with van der Waals surface area (Å²) in [5, 5.41) is 1.03. The molecule has 2 nitrogen and oxygen atoms in total. The third-order valence-electron chi connectivity index (χ3n) is 2.08. The topological polar surface area (TPSA) is 28.7 Å². The van der Waals surface area contributed by atoms with Gasteiger partial charge in [0.2, 0.25) is 0 Å². The Balaban J connectivity index is 3.03. The Bertz CT molecular complexity index is 514. The standard InChI is InChI=1S/C10H10N2S/c1-6-4-3-5-8-9(6)11-7(2)12-10(8)13/h3-5H,1-2H3,(H,11,12,13). The van der Waals surface area contributed by atoms with Gasteiger partial charge in [-0.25, -0.2) is 4.98 Å². The zero-order chi connectivity index (χ0) is 9.42. The third-order valence-corrected chi connectivity index (χ3v) is 2.39. The molecule has 0 amide bonds. The van der Waals surface area contributed by atoms with E-state index < -0.39 is 0 Å². The Morgan fingerprint density at radius 2 is 2.08 bits per heavy atom. The van der Waals surface area contributed by atoms with E-state index in [4.69, 9.17) is 12.2 Å². The van der Waals surface area contributed by atoms with E-state index in [1.54, 1.807) is 0 Å². The van der Waals surface area contributed by atoms with Crippen molar-refractivity contribution in [1.29, 1.82) is 0 Å². The van der Waals surface area contributed by atoms with E-state index in [0.29, 0.717) is 4.64 Å². The maximum Gasteiger partial charge on any atom is 0.137 e. The molecule has 1 heterocycles. The highest BCUT2D eigenvalue weighted by molar-refractivity contribution is 7.71. The summed E-state index contributed by atoms with van der Waals surface area (Å²) in [7, 11) is 0. The first-order chi connectivity index (χ1) is 6.18. The SMILES string of the molecule is Cc1nc(=S)c2cccc(C)c2[nH]1. The van der Waals surface area contributed by atoms with Gasteiger partial charge in [-0.05, 0) is 25.5 Å². The Hall–Kier alpha value is -1.22. The molecule has 1 N–H and O–H groups in total. The van der Waals surface area contributed by atoms with Gasteiger partial charge < -0.3 is 4.98 Å². The van der Waals surface area contributed by atoms with E-state index in [2.05, 4.69) is 23.0 Å². The normalized spacial score (nSPS) is 10.6. The summed E-state index contributed by atoms with van der Waals surface area (Å²) in [6.45, 7) is 3.98. The van der Waals surface area contributed by atoms with Gasteiger partial charge in [-0.1, -0.05) is 24.4 Å². The lowest BCUT2D eigenvalue weighted by Gasteiger charge is -2.02. The molecule has 2 aromatic rings.